The Bertz CT molecular complexity index is 832. The summed E-state index contributed by atoms with van der Waals surface area (Å²) in [5.74, 6) is -0.209. The van der Waals surface area contributed by atoms with Gasteiger partial charge in [0.05, 0.1) is 11.6 Å². The number of amides is 1. The van der Waals surface area contributed by atoms with Gasteiger partial charge in [0.15, 0.2) is 5.78 Å². The van der Waals surface area contributed by atoms with Crippen LogP contribution in [0.5, 0.6) is 5.75 Å². The molecule has 1 heterocycles. The number of rotatable bonds is 4. The number of carbonyl (C=O) groups is 2. The summed E-state index contributed by atoms with van der Waals surface area (Å²) in [6, 6.07) is 11.5. The zero-order valence-electron chi connectivity index (χ0n) is 12.6. The molecular weight excluding hydrogens is 330 g/mol. The lowest BCUT2D eigenvalue weighted by atomic mass is 10.1. The number of phenolic OH excluding ortho intramolecular Hbond substituents is 1. The number of hydrogen-bond donors (Lipinski definition) is 1. The lowest BCUT2D eigenvalue weighted by molar-refractivity contribution is 0.104. The first-order valence-electron chi connectivity index (χ1n) is 7.30. The molecule has 1 aliphatic rings. The van der Waals surface area contributed by atoms with Crippen molar-refractivity contribution in [2.45, 2.75) is 0 Å². The van der Waals surface area contributed by atoms with Crippen molar-refractivity contribution < 1.29 is 19.4 Å². The second-order valence-corrected chi connectivity index (χ2v) is 5.63. The Morgan fingerprint density at radius 1 is 1.25 bits per heavy atom. The van der Waals surface area contributed by atoms with Crippen LogP contribution in [0.1, 0.15) is 15.9 Å². The predicted molar refractivity (Wildman–Crippen MR) is 91.6 cm³/mol. The first-order chi connectivity index (χ1) is 11.5. The Morgan fingerprint density at radius 2 is 2.08 bits per heavy atom. The summed E-state index contributed by atoms with van der Waals surface area (Å²) < 4.78 is 4.90. The molecule has 0 atom stereocenters. The van der Waals surface area contributed by atoms with Gasteiger partial charge in [0.2, 0.25) is 0 Å². The van der Waals surface area contributed by atoms with E-state index in [1.165, 1.54) is 17.0 Å². The second-order valence-electron chi connectivity index (χ2n) is 5.22. The number of ether oxygens (including phenoxy) is 1. The SMILES string of the molecule is O=C(C=Cc1ccc(O)c(Cl)c1)c1cccc(N2CCOC2=O)c1. The minimum Gasteiger partial charge on any atom is -0.506 e. The fraction of sp³-hybridized carbons (Fsp3) is 0.111. The van der Waals surface area contributed by atoms with Crippen molar-refractivity contribution >= 4 is 35.2 Å². The lowest BCUT2D eigenvalue weighted by Gasteiger charge is -2.13. The molecule has 1 amide bonds. The average molecular weight is 344 g/mol. The van der Waals surface area contributed by atoms with Crippen LogP contribution in [-0.4, -0.2) is 30.1 Å². The summed E-state index contributed by atoms with van der Waals surface area (Å²) in [6.07, 6.45) is 2.63. The molecule has 6 heteroatoms. The molecule has 0 aliphatic carbocycles. The topological polar surface area (TPSA) is 66.8 Å². The van der Waals surface area contributed by atoms with Crippen molar-refractivity contribution in [3.8, 4) is 5.75 Å². The van der Waals surface area contributed by atoms with Crippen LogP contribution in [0.4, 0.5) is 10.5 Å². The summed E-state index contributed by atoms with van der Waals surface area (Å²) in [5.41, 5.74) is 1.79. The van der Waals surface area contributed by atoms with E-state index in [-0.39, 0.29) is 16.6 Å². The van der Waals surface area contributed by atoms with Crippen LogP contribution in [0.15, 0.2) is 48.5 Å². The highest BCUT2D eigenvalue weighted by atomic mass is 35.5. The monoisotopic (exact) mass is 343 g/mol. The Hall–Kier alpha value is -2.79. The van der Waals surface area contributed by atoms with E-state index < -0.39 is 6.09 Å². The van der Waals surface area contributed by atoms with Crippen LogP contribution in [-0.2, 0) is 4.74 Å². The molecule has 2 aromatic rings. The third-order valence-electron chi connectivity index (χ3n) is 3.60. The molecule has 0 bridgehead atoms. The number of carbonyl (C=O) groups excluding carboxylic acids is 2. The van der Waals surface area contributed by atoms with Gasteiger partial charge in [-0.05, 0) is 35.9 Å². The summed E-state index contributed by atoms with van der Waals surface area (Å²) in [4.78, 5) is 25.4. The normalized spacial score (nSPS) is 14.2. The molecule has 1 saturated heterocycles. The lowest BCUT2D eigenvalue weighted by Crippen LogP contribution is -2.23. The standard InChI is InChI=1S/C18H14ClNO4/c19-15-10-12(5-7-17(15)22)4-6-16(21)13-2-1-3-14(11-13)20-8-9-24-18(20)23/h1-7,10-11,22H,8-9H2. The minimum atomic E-state index is -0.408. The van der Waals surface area contributed by atoms with E-state index in [2.05, 4.69) is 0 Å². The molecule has 5 nitrogen and oxygen atoms in total. The highest BCUT2D eigenvalue weighted by Gasteiger charge is 2.23. The van der Waals surface area contributed by atoms with E-state index >= 15 is 0 Å². The van der Waals surface area contributed by atoms with Crippen molar-refractivity contribution in [1.29, 1.82) is 0 Å². The Balaban J connectivity index is 1.78. The zero-order chi connectivity index (χ0) is 17.1. The zero-order valence-corrected chi connectivity index (χ0v) is 13.4. The van der Waals surface area contributed by atoms with Crippen molar-refractivity contribution in [3.05, 3.63) is 64.7 Å². The van der Waals surface area contributed by atoms with E-state index in [4.69, 9.17) is 16.3 Å². The minimum absolute atomic E-state index is 0.00894. The van der Waals surface area contributed by atoms with Gasteiger partial charge >= 0.3 is 6.09 Å². The summed E-state index contributed by atoms with van der Waals surface area (Å²) in [7, 11) is 0. The molecule has 3 rings (SSSR count). The van der Waals surface area contributed by atoms with Crippen molar-refractivity contribution in [1.82, 2.24) is 0 Å². The highest BCUT2D eigenvalue weighted by Crippen LogP contribution is 2.24. The van der Waals surface area contributed by atoms with Gasteiger partial charge in [0.1, 0.15) is 12.4 Å². The number of anilines is 1. The average Bonchev–Trinajstić information content (AvgIpc) is 3.02. The van der Waals surface area contributed by atoms with Gasteiger partial charge in [-0.25, -0.2) is 4.79 Å². The summed E-state index contributed by atoms with van der Waals surface area (Å²) >= 11 is 5.84. The number of hydrogen-bond acceptors (Lipinski definition) is 4. The van der Waals surface area contributed by atoms with Crippen LogP contribution in [0.3, 0.4) is 0 Å². The van der Waals surface area contributed by atoms with Crippen LogP contribution < -0.4 is 4.90 Å². The second kappa shape index (κ2) is 6.76. The molecular formula is C18H14ClNO4. The molecule has 24 heavy (non-hydrogen) atoms. The molecule has 0 radical (unpaired) electrons. The molecule has 1 N–H and O–H groups in total. The van der Waals surface area contributed by atoms with Crippen molar-refractivity contribution in [2.75, 3.05) is 18.1 Å². The number of phenols is 1. The summed E-state index contributed by atoms with van der Waals surface area (Å²) in [6.45, 7) is 0.816. The molecule has 0 saturated carbocycles. The number of nitrogens with zero attached hydrogens (tertiary/aromatic N) is 1. The van der Waals surface area contributed by atoms with Gasteiger partial charge in [0, 0.05) is 11.3 Å². The molecule has 1 aliphatic heterocycles. The van der Waals surface area contributed by atoms with Crippen molar-refractivity contribution in [3.63, 3.8) is 0 Å². The van der Waals surface area contributed by atoms with Gasteiger partial charge < -0.3 is 9.84 Å². The van der Waals surface area contributed by atoms with Crippen LogP contribution in [0, 0.1) is 0 Å². The number of aromatic hydroxyl groups is 1. The highest BCUT2D eigenvalue weighted by molar-refractivity contribution is 6.32. The Kier molecular flexibility index (Phi) is 4.53. The molecule has 2 aromatic carbocycles. The number of halogens is 1. The van der Waals surface area contributed by atoms with Gasteiger partial charge in [-0.15, -0.1) is 0 Å². The van der Waals surface area contributed by atoms with Crippen LogP contribution in [0.25, 0.3) is 6.08 Å². The summed E-state index contributed by atoms with van der Waals surface area (Å²) in [5, 5.41) is 9.61. The van der Waals surface area contributed by atoms with E-state index in [1.807, 2.05) is 0 Å². The predicted octanol–water partition coefficient (Wildman–Crippen LogP) is 3.90. The molecule has 1 fully saturated rings. The number of cyclic esters (lactones) is 1. The maximum absolute atomic E-state index is 12.3. The third-order valence-corrected chi connectivity index (χ3v) is 3.90. The fourth-order valence-corrected chi connectivity index (χ4v) is 2.54. The number of benzene rings is 2. The first-order valence-corrected chi connectivity index (χ1v) is 7.68. The van der Waals surface area contributed by atoms with Gasteiger partial charge in [-0.3, -0.25) is 9.69 Å². The van der Waals surface area contributed by atoms with E-state index in [1.54, 1.807) is 42.5 Å². The Labute approximate surface area is 143 Å². The van der Waals surface area contributed by atoms with Gasteiger partial charge in [-0.1, -0.05) is 35.9 Å². The van der Waals surface area contributed by atoms with Crippen molar-refractivity contribution in [2.24, 2.45) is 0 Å². The Morgan fingerprint density at radius 3 is 2.79 bits per heavy atom. The van der Waals surface area contributed by atoms with E-state index in [9.17, 15) is 14.7 Å². The quantitative estimate of drug-likeness (QED) is 0.675. The largest absolute Gasteiger partial charge is 0.506 e. The van der Waals surface area contributed by atoms with Gasteiger partial charge in [0.25, 0.3) is 0 Å². The third kappa shape index (κ3) is 3.41. The maximum Gasteiger partial charge on any atom is 0.414 e. The molecule has 122 valence electrons. The molecule has 0 unspecified atom stereocenters. The van der Waals surface area contributed by atoms with E-state index in [0.717, 1.165) is 0 Å². The fourth-order valence-electron chi connectivity index (χ4n) is 2.35. The van der Waals surface area contributed by atoms with Crippen LogP contribution >= 0.6 is 11.6 Å². The molecule has 0 aromatic heterocycles. The molecule has 0 spiro atoms. The van der Waals surface area contributed by atoms with Gasteiger partial charge in [-0.2, -0.15) is 0 Å². The van der Waals surface area contributed by atoms with Crippen LogP contribution in [0.2, 0.25) is 5.02 Å². The van der Waals surface area contributed by atoms with E-state index in [0.29, 0.717) is 30.0 Å². The first kappa shape index (κ1) is 16.1. The maximum atomic E-state index is 12.3. The number of ketones is 1. The smallest absolute Gasteiger partial charge is 0.414 e. The number of allylic oxidation sites excluding steroid dienone is 1.